The van der Waals surface area contributed by atoms with Crippen LogP contribution in [0.1, 0.15) is 61.1 Å². The maximum absolute atomic E-state index is 13.8. The van der Waals surface area contributed by atoms with E-state index in [1.807, 2.05) is 12.3 Å². The number of hydrogen-bond donors (Lipinski definition) is 0. The lowest BCUT2D eigenvalue weighted by atomic mass is 9.81. The van der Waals surface area contributed by atoms with Crippen LogP contribution in [0.2, 0.25) is 0 Å². The first-order valence-electron chi connectivity index (χ1n) is 14.8. The van der Waals surface area contributed by atoms with Crippen molar-refractivity contribution in [3.8, 4) is 11.3 Å². The second kappa shape index (κ2) is 11.2. The zero-order valence-electron chi connectivity index (χ0n) is 23.5. The molecule has 0 amide bonds. The molecule has 8 nitrogen and oxygen atoms in total. The Balaban J connectivity index is 1.25. The maximum atomic E-state index is 13.8. The molecule has 3 fully saturated rings. The van der Waals surface area contributed by atoms with Gasteiger partial charge < -0.3 is 4.74 Å². The van der Waals surface area contributed by atoms with E-state index >= 15 is 0 Å². The first kappa shape index (κ1) is 27.2. The molecule has 3 aromatic heterocycles. The van der Waals surface area contributed by atoms with E-state index in [-0.39, 0.29) is 4.90 Å². The van der Waals surface area contributed by atoms with Crippen LogP contribution in [0.3, 0.4) is 0 Å². The van der Waals surface area contributed by atoms with E-state index in [0.29, 0.717) is 23.6 Å². The van der Waals surface area contributed by atoms with Crippen LogP contribution >= 0.6 is 11.3 Å². The van der Waals surface area contributed by atoms with Crippen molar-refractivity contribution in [2.75, 3.05) is 39.9 Å². The van der Waals surface area contributed by atoms with Gasteiger partial charge >= 0.3 is 0 Å². The SMILES string of the molecule is CN1CCCC1c1nc(-c2cn(S(=O)(=O)c3ccccc3)c3ncc([C@H]4CC[C@@H](N5CCOCC5)CC4)cc23)cs1. The Labute approximate surface area is 246 Å². The summed E-state index contributed by atoms with van der Waals surface area (Å²) < 4.78 is 34.5. The molecule has 2 saturated heterocycles. The number of morpholine rings is 1. The molecule has 216 valence electrons. The number of aromatic nitrogens is 3. The van der Waals surface area contributed by atoms with Gasteiger partial charge in [-0.2, -0.15) is 0 Å². The number of hydrogen-bond acceptors (Lipinski definition) is 8. The summed E-state index contributed by atoms with van der Waals surface area (Å²) >= 11 is 1.67. The van der Waals surface area contributed by atoms with Crippen molar-refractivity contribution in [2.24, 2.45) is 0 Å². The number of ether oxygens (including phenoxy) is 1. The van der Waals surface area contributed by atoms with Crippen molar-refractivity contribution < 1.29 is 13.2 Å². The van der Waals surface area contributed by atoms with Gasteiger partial charge in [0.1, 0.15) is 5.01 Å². The fourth-order valence-corrected chi connectivity index (χ4v) is 9.28. The van der Waals surface area contributed by atoms with E-state index < -0.39 is 10.0 Å². The van der Waals surface area contributed by atoms with Gasteiger partial charge in [0, 0.05) is 47.9 Å². The maximum Gasteiger partial charge on any atom is 0.269 e. The molecule has 0 N–H and O–H groups in total. The van der Waals surface area contributed by atoms with E-state index in [9.17, 15) is 8.42 Å². The summed E-state index contributed by atoms with van der Waals surface area (Å²) in [5.74, 6) is 0.421. The number of likely N-dealkylation sites (tertiary alicyclic amines) is 1. The third-order valence-electron chi connectivity index (χ3n) is 9.27. The van der Waals surface area contributed by atoms with Gasteiger partial charge in [0.15, 0.2) is 5.65 Å². The minimum absolute atomic E-state index is 0.252. The van der Waals surface area contributed by atoms with Crippen molar-refractivity contribution in [3.05, 3.63) is 64.7 Å². The molecule has 2 aliphatic heterocycles. The third-order valence-corrected chi connectivity index (χ3v) is 11.9. The lowest BCUT2D eigenvalue weighted by molar-refractivity contribution is 0.00729. The number of thiazole rings is 1. The summed E-state index contributed by atoms with van der Waals surface area (Å²) in [6.07, 6.45) is 10.5. The molecule has 0 bridgehead atoms. The zero-order valence-corrected chi connectivity index (χ0v) is 25.1. The fraction of sp³-hybridized carbons (Fsp3) is 0.484. The van der Waals surface area contributed by atoms with Crippen molar-refractivity contribution in [2.45, 2.75) is 61.4 Å². The lowest BCUT2D eigenvalue weighted by Crippen LogP contribution is -2.44. The minimum atomic E-state index is -3.82. The first-order chi connectivity index (χ1) is 20.0. The smallest absolute Gasteiger partial charge is 0.269 e. The Morgan fingerprint density at radius 3 is 2.51 bits per heavy atom. The summed E-state index contributed by atoms with van der Waals surface area (Å²) in [6.45, 7) is 4.81. The zero-order chi connectivity index (χ0) is 28.0. The van der Waals surface area contributed by atoms with Crippen LogP contribution in [0.5, 0.6) is 0 Å². The summed E-state index contributed by atoms with van der Waals surface area (Å²) in [6, 6.07) is 11.7. The van der Waals surface area contributed by atoms with Gasteiger partial charge in [-0.1, -0.05) is 18.2 Å². The quantitative estimate of drug-likeness (QED) is 0.292. The Morgan fingerprint density at radius 1 is 1.00 bits per heavy atom. The molecule has 0 spiro atoms. The Hall–Kier alpha value is -2.63. The lowest BCUT2D eigenvalue weighted by Gasteiger charge is -2.38. The van der Waals surface area contributed by atoms with Gasteiger partial charge in [0.2, 0.25) is 0 Å². The minimum Gasteiger partial charge on any atom is -0.379 e. The summed E-state index contributed by atoms with van der Waals surface area (Å²) in [7, 11) is -1.67. The van der Waals surface area contributed by atoms with Gasteiger partial charge in [-0.15, -0.1) is 11.3 Å². The van der Waals surface area contributed by atoms with E-state index in [1.165, 1.54) is 28.8 Å². The summed E-state index contributed by atoms with van der Waals surface area (Å²) in [5.41, 5.74) is 3.31. The van der Waals surface area contributed by atoms with Crippen LogP contribution < -0.4 is 0 Å². The normalized spacial score (nSPS) is 24.8. The predicted octanol–water partition coefficient (Wildman–Crippen LogP) is 5.52. The summed E-state index contributed by atoms with van der Waals surface area (Å²) in [4.78, 5) is 15.1. The highest BCUT2D eigenvalue weighted by molar-refractivity contribution is 7.90. The molecule has 1 unspecified atom stereocenters. The van der Waals surface area contributed by atoms with Crippen LogP contribution in [0.15, 0.2) is 59.1 Å². The van der Waals surface area contributed by atoms with Gasteiger partial charge in [0.05, 0.1) is 29.8 Å². The van der Waals surface area contributed by atoms with Crippen molar-refractivity contribution in [1.29, 1.82) is 0 Å². The number of benzene rings is 1. The highest BCUT2D eigenvalue weighted by Gasteiger charge is 2.30. The van der Waals surface area contributed by atoms with Gasteiger partial charge in [-0.3, -0.25) is 9.80 Å². The monoisotopic (exact) mass is 591 g/mol. The van der Waals surface area contributed by atoms with Crippen molar-refractivity contribution >= 4 is 32.4 Å². The first-order valence-corrected chi connectivity index (χ1v) is 17.1. The molecular weight excluding hydrogens is 555 g/mol. The van der Waals surface area contributed by atoms with Crippen LogP contribution in [-0.2, 0) is 14.8 Å². The Bertz CT molecular complexity index is 1620. The topological polar surface area (TPSA) is 80.6 Å². The van der Waals surface area contributed by atoms with E-state index in [1.54, 1.807) is 41.8 Å². The standard InChI is InChI=1S/C31H37N5O3S2/c1-34-13-5-8-29(34)31-33-28(21-40-31)27-20-36(41(37,38)25-6-3-2-4-7-25)30-26(27)18-23(19-32-30)22-9-11-24(12-10-22)35-14-16-39-17-15-35/h2-4,6-7,18-22,24,29H,5,8-17H2,1H3/t22-,24+,29?. The third kappa shape index (κ3) is 5.14. The molecule has 0 radical (unpaired) electrons. The highest BCUT2D eigenvalue weighted by Crippen LogP contribution is 2.40. The number of nitrogens with zero attached hydrogens (tertiary/aromatic N) is 5. The molecule has 4 aromatic rings. The predicted molar refractivity (Wildman–Crippen MR) is 162 cm³/mol. The molecule has 41 heavy (non-hydrogen) atoms. The molecule has 1 aliphatic carbocycles. The van der Waals surface area contributed by atoms with Gasteiger partial charge in [-0.05, 0) is 81.8 Å². The van der Waals surface area contributed by atoms with Gasteiger partial charge in [0.25, 0.3) is 10.0 Å². The van der Waals surface area contributed by atoms with Crippen LogP contribution in [0.25, 0.3) is 22.3 Å². The molecule has 7 rings (SSSR count). The number of fused-ring (bicyclic) bond motifs is 1. The molecule has 1 saturated carbocycles. The summed E-state index contributed by atoms with van der Waals surface area (Å²) in [5, 5.41) is 4.03. The van der Waals surface area contributed by atoms with Crippen molar-refractivity contribution in [1.82, 2.24) is 23.7 Å². The van der Waals surface area contributed by atoms with Crippen LogP contribution in [-0.4, -0.2) is 78.1 Å². The highest BCUT2D eigenvalue weighted by atomic mass is 32.2. The molecule has 3 aliphatic rings. The van der Waals surface area contributed by atoms with E-state index in [2.05, 4.69) is 28.3 Å². The Morgan fingerprint density at radius 2 is 1.78 bits per heavy atom. The average Bonchev–Trinajstić information content (AvgIpc) is 3.76. The largest absolute Gasteiger partial charge is 0.379 e. The molecule has 10 heteroatoms. The van der Waals surface area contributed by atoms with E-state index in [4.69, 9.17) is 14.7 Å². The fourth-order valence-electron chi connectivity index (χ4n) is 6.92. The van der Waals surface area contributed by atoms with Crippen molar-refractivity contribution in [3.63, 3.8) is 0 Å². The molecule has 1 atom stereocenters. The second-order valence-electron chi connectivity index (χ2n) is 11.7. The van der Waals surface area contributed by atoms with Crippen LogP contribution in [0, 0.1) is 0 Å². The number of rotatable bonds is 6. The number of pyridine rings is 1. The average molecular weight is 592 g/mol. The molecule has 5 heterocycles. The second-order valence-corrected chi connectivity index (χ2v) is 14.4. The van der Waals surface area contributed by atoms with Gasteiger partial charge in [-0.25, -0.2) is 22.4 Å². The van der Waals surface area contributed by atoms with Crippen LogP contribution in [0.4, 0.5) is 0 Å². The van der Waals surface area contributed by atoms with E-state index in [0.717, 1.165) is 73.8 Å². The molecule has 1 aromatic carbocycles. The Kier molecular flexibility index (Phi) is 7.45. The molecular formula is C31H37N5O3S2.